The zero-order valence-electron chi connectivity index (χ0n) is 15.0. The smallest absolute Gasteiger partial charge is 0.220 e. The van der Waals surface area contributed by atoms with Gasteiger partial charge in [0, 0.05) is 24.9 Å². The first-order chi connectivity index (χ1) is 12.2. The predicted octanol–water partition coefficient (Wildman–Crippen LogP) is 3.97. The normalized spacial score (nSPS) is 36.2. The summed E-state index contributed by atoms with van der Waals surface area (Å²) in [5, 5.41) is 6.40. The lowest BCUT2D eigenvalue weighted by atomic mass is 9.49. The van der Waals surface area contributed by atoms with Crippen molar-refractivity contribution in [3.05, 3.63) is 11.1 Å². The van der Waals surface area contributed by atoms with Crippen molar-refractivity contribution in [3.63, 3.8) is 0 Å². The van der Waals surface area contributed by atoms with E-state index in [1.165, 1.54) is 51.4 Å². The Labute approximate surface area is 154 Å². The van der Waals surface area contributed by atoms with Gasteiger partial charge in [-0.1, -0.05) is 0 Å². The molecule has 0 aromatic carbocycles. The van der Waals surface area contributed by atoms with E-state index in [2.05, 4.69) is 15.6 Å². The fraction of sp³-hybridized carbons (Fsp3) is 0.800. The van der Waals surface area contributed by atoms with Crippen molar-refractivity contribution in [2.24, 2.45) is 23.2 Å². The van der Waals surface area contributed by atoms with Gasteiger partial charge < -0.3 is 10.2 Å². The van der Waals surface area contributed by atoms with Crippen molar-refractivity contribution >= 4 is 22.4 Å². The predicted molar refractivity (Wildman–Crippen MR) is 101 cm³/mol. The van der Waals surface area contributed by atoms with E-state index in [9.17, 15) is 4.79 Å². The third-order valence-electron chi connectivity index (χ3n) is 7.08. The number of hydrogen-bond donors (Lipinski definition) is 1. The first-order valence-corrected chi connectivity index (χ1v) is 11.0. The summed E-state index contributed by atoms with van der Waals surface area (Å²) in [6, 6.07) is 0. The minimum Gasteiger partial charge on any atom is -0.350 e. The lowest BCUT2D eigenvalue weighted by molar-refractivity contribution is -0.129. The van der Waals surface area contributed by atoms with Crippen molar-refractivity contribution in [2.45, 2.75) is 64.3 Å². The molecule has 1 N–H and O–H groups in total. The van der Waals surface area contributed by atoms with Crippen molar-refractivity contribution in [3.8, 4) is 0 Å². The van der Waals surface area contributed by atoms with E-state index in [0.717, 1.165) is 48.1 Å². The summed E-state index contributed by atoms with van der Waals surface area (Å²) >= 11 is 1.72. The van der Waals surface area contributed by atoms with Crippen LogP contribution in [0.5, 0.6) is 0 Å². The molecule has 4 nitrogen and oxygen atoms in total. The van der Waals surface area contributed by atoms with Crippen LogP contribution in [0.2, 0.25) is 0 Å². The van der Waals surface area contributed by atoms with Gasteiger partial charge in [0.05, 0.1) is 12.2 Å². The Morgan fingerprint density at radius 3 is 2.44 bits per heavy atom. The van der Waals surface area contributed by atoms with E-state index in [1.807, 2.05) is 0 Å². The average molecular weight is 360 g/mol. The van der Waals surface area contributed by atoms with E-state index < -0.39 is 0 Å². The number of nitrogens with zero attached hydrogens (tertiary/aromatic N) is 2. The summed E-state index contributed by atoms with van der Waals surface area (Å²) in [7, 11) is 0. The molecule has 0 spiro atoms. The maximum Gasteiger partial charge on any atom is 0.220 e. The molecule has 5 aliphatic rings. The number of aromatic nitrogens is 1. The van der Waals surface area contributed by atoms with Gasteiger partial charge in [-0.25, -0.2) is 4.98 Å². The summed E-state index contributed by atoms with van der Waals surface area (Å²) in [5.41, 5.74) is 1.35. The zero-order valence-corrected chi connectivity index (χ0v) is 15.8. The number of amides is 1. The highest BCUT2D eigenvalue weighted by Gasteiger charge is 2.51. The molecule has 1 amide bonds. The second-order valence-corrected chi connectivity index (χ2v) is 10.0. The van der Waals surface area contributed by atoms with Crippen LogP contribution >= 0.6 is 11.3 Å². The van der Waals surface area contributed by atoms with Crippen LogP contribution in [-0.4, -0.2) is 24.0 Å². The number of carbonyl (C=O) groups excluding carboxylic acids is 1. The molecule has 4 aliphatic carbocycles. The zero-order chi connectivity index (χ0) is 16.9. The van der Waals surface area contributed by atoms with Crippen molar-refractivity contribution in [1.82, 2.24) is 10.3 Å². The Bertz CT molecular complexity index is 614. The molecule has 1 aromatic rings. The molecule has 136 valence electrons. The molecule has 6 rings (SSSR count). The molecule has 0 unspecified atom stereocenters. The molecule has 0 atom stereocenters. The lowest BCUT2D eigenvalue weighted by Crippen LogP contribution is -2.47. The Hall–Kier alpha value is -1.10. The minimum absolute atomic E-state index is 0.248. The van der Waals surface area contributed by atoms with Gasteiger partial charge in [0.25, 0.3) is 0 Å². The quantitative estimate of drug-likeness (QED) is 0.865. The van der Waals surface area contributed by atoms with E-state index in [1.54, 1.807) is 11.3 Å². The molecule has 4 bridgehead atoms. The standard InChI is InChI=1S/C20H29N3OS/c24-18(11-20-8-14-5-15(9-20)7-16(6-14)10-20)21-12-17-13-25-19(22-17)23-3-1-2-4-23/h13-16H,1-12H2,(H,21,24). The van der Waals surface area contributed by atoms with Gasteiger partial charge in [-0.05, 0) is 74.5 Å². The molecule has 1 aliphatic heterocycles. The second-order valence-electron chi connectivity index (χ2n) is 9.19. The third-order valence-corrected chi connectivity index (χ3v) is 8.03. The van der Waals surface area contributed by atoms with Crippen LogP contribution in [0, 0.1) is 23.2 Å². The summed E-state index contributed by atoms with van der Waals surface area (Å²) in [4.78, 5) is 19.7. The first-order valence-electron chi connectivity index (χ1n) is 10.1. The van der Waals surface area contributed by atoms with Crippen molar-refractivity contribution in [2.75, 3.05) is 18.0 Å². The molecule has 2 heterocycles. The van der Waals surface area contributed by atoms with Gasteiger partial charge in [-0.15, -0.1) is 11.3 Å². The Kier molecular flexibility index (Phi) is 4.03. The fourth-order valence-electron chi connectivity index (χ4n) is 6.53. The van der Waals surface area contributed by atoms with Crippen LogP contribution < -0.4 is 10.2 Å². The molecular formula is C20H29N3OS. The van der Waals surface area contributed by atoms with Gasteiger partial charge >= 0.3 is 0 Å². The second kappa shape index (κ2) is 6.26. The number of rotatable bonds is 5. The summed E-state index contributed by atoms with van der Waals surface area (Å²) < 4.78 is 0. The SMILES string of the molecule is O=C(CC12CC3CC(CC(C3)C1)C2)NCc1csc(N2CCCC2)n1. The van der Waals surface area contributed by atoms with Gasteiger partial charge in [0.1, 0.15) is 0 Å². The Balaban J connectivity index is 1.16. The number of carbonyl (C=O) groups is 1. The van der Waals surface area contributed by atoms with Crippen molar-refractivity contribution < 1.29 is 4.79 Å². The molecule has 1 aromatic heterocycles. The molecule has 5 heteroatoms. The monoisotopic (exact) mass is 359 g/mol. The molecular weight excluding hydrogens is 330 g/mol. The van der Waals surface area contributed by atoms with E-state index in [0.29, 0.717) is 12.0 Å². The molecule has 25 heavy (non-hydrogen) atoms. The first kappa shape index (κ1) is 16.1. The summed E-state index contributed by atoms with van der Waals surface area (Å²) in [5.74, 6) is 3.00. The highest BCUT2D eigenvalue weighted by Crippen LogP contribution is 2.61. The van der Waals surface area contributed by atoms with Crippen LogP contribution in [0.3, 0.4) is 0 Å². The van der Waals surface area contributed by atoms with Gasteiger partial charge in [-0.3, -0.25) is 4.79 Å². The molecule has 4 saturated carbocycles. The average Bonchev–Trinajstić information content (AvgIpc) is 3.22. The van der Waals surface area contributed by atoms with Crippen LogP contribution in [0.4, 0.5) is 5.13 Å². The van der Waals surface area contributed by atoms with Crippen LogP contribution in [0.1, 0.15) is 63.5 Å². The fourth-order valence-corrected chi connectivity index (χ4v) is 7.41. The minimum atomic E-state index is 0.248. The van der Waals surface area contributed by atoms with Gasteiger partial charge in [-0.2, -0.15) is 0 Å². The van der Waals surface area contributed by atoms with Crippen molar-refractivity contribution in [1.29, 1.82) is 0 Å². The molecule has 5 fully saturated rings. The molecule has 1 saturated heterocycles. The van der Waals surface area contributed by atoms with E-state index in [4.69, 9.17) is 4.98 Å². The van der Waals surface area contributed by atoms with Crippen LogP contribution in [0.15, 0.2) is 5.38 Å². The van der Waals surface area contributed by atoms with Crippen LogP contribution in [-0.2, 0) is 11.3 Å². The number of nitrogens with one attached hydrogen (secondary N) is 1. The molecule has 0 radical (unpaired) electrons. The topological polar surface area (TPSA) is 45.2 Å². The van der Waals surface area contributed by atoms with Gasteiger partial charge in [0.2, 0.25) is 5.91 Å². The van der Waals surface area contributed by atoms with E-state index in [-0.39, 0.29) is 5.91 Å². The number of anilines is 1. The largest absolute Gasteiger partial charge is 0.350 e. The van der Waals surface area contributed by atoms with E-state index >= 15 is 0 Å². The van der Waals surface area contributed by atoms with Gasteiger partial charge in [0.15, 0.2) is 5.13 Å². The summed E-state index contributed by atoms with van der Waals surface area (Å²) in [6.07, 6.45) is 11.6. The highest BCUT2D eigenvalue weighted by atomic mass is 32.1. The Morgan fingerprint density at radius 1 is 1.16 bits per heavy atom. The maximum atomic E-state index is 12.6. The third kappa shape index (κ3) is 3.20. The Morgan fingerprint density at radius 2 is 1.80 bits per heavy atom. The highest BCUT2D eigenvalue weighted by molar-refractivity contribution is 7.13. The number of hydrogen-bond acceptors (Lipinski definition) is 4. The number of thiazole rings is 1. The lowest BCUT2D eigenvalue weighted by Gasteiger charge is -2.56. The summed E-state index contributed by atoms with van der Waals surface area (Å²) in [6.45, 7) is 2.85. The maximum absolute atomic E-state index is 12.6. The van der Waals surface area contributed by atoms with Crippen LogP contribution in [0.25, 0.3) is 0 Å².